The number of halogens is 2. The van der Waals surface area contributed by atoms with Crippen LogP contribution in [0.3, 0.4) is 0 Å². The van der Waals surface area contributed by atoms with Gasteiger partial charge >= 0.3 is 0 Å². The number of carbonyl (C=O) groups is 1. The molecule has 8 heteroatoms. The van der Waals surface area contributed by atoms with Gasteiger partial charge in [-0.25, -0.2) is 4.39 Å². The number of non-ortho nitro benzene ring substituents is 1. The predicted molar refractivity (Wildman–Crippen MR) is 97.2 cm³/mol. The molecular formula is C18H17ClFN3O3. The van der Waals surface area contributed by atoms with Crippen molar-refractivity contribution in [2.45, 2.75) is 6.42 Å². The van der Waals surface area contributed by atoms with Crippen molar-refractivity contribution in [3.63, 3.8) is 0 Å². The first-order valence-electron chi connectivity index (χ1n) is 8.19. The van der Waals surface area contributed by atoms with Crippen LogP contribution in [0, 0.1) is 15.9 Å². The van der Waals surface area contributed by atoms with E-state index in [4.69, 9.17) is 11.6 Å². The maximum atomic E-state index is 14.3. The molecule has 0 aliphatic carbocycles. The van der Waals surface area contributed by atoms with Gasteiger partial charge in [0.1, 0.15) is 0 Å². The highest BCUT2D eigenvalue weighted by Crippen LogP contribution is 2.25. The molecule has 1 aliphatic rings. The first-order chi connectivity index (χ1) is 12.5. The minimum atomic E-state index is -0.631. The van der Waals surface area contributed by atoms with Crippen molar-refractivity contribution >= 4 is 28.9 Å². The third-order valence-corrected chi connectivity index (χ3v) is 4.57. The summed E-state index contributed by atoms with van der Waals surface area (Å²) in [5, 5.41) is 11.2. The Morgan fingerprint density at radius 1 is 1.12 bits per heavy atom. The molecule has 136 valence electrons. The van der Waals surface area contributed by atoms with Crippen LogP contribution in [0.4, 0.5) is 15.8 Å². The van der Waals surface area contributed by atoms with Gasteiger partial charge in [0.2, 0.25) is 0 Å². The van der Waals surface area contributed by atoms with Crippen LogP contribution < -0.4 is 4.90 Å². The molecule has 0 saturated carbocycles. The van der Waals surface area contributed by atoms with E-state index >= 15 is 0 Å². The number of benzene rings is 2. The van der Waals surface area contributed by atoms with Crippen LogP contribution in [0.5, 0.6) is 0 Å². The Hall–Kier alpha value is -2.67. The molecule has 0 bridgehead atoms. The molecule has 2 aromatic carbocycles. The van der Waals surface area contributed by atoms with Crippen molar-refractivity contribution in [3.8, 4) is 0 Å². The fourth-order valence-corrected chi connectivity index (χ4v) is 3.22. The van der Waals surface area contributed by atoms with Gasteiger partial charge in [-0.15, -0.1) is 0 Å². The average molecular weight is 378 g/mol. The molecule has 1 amide bonds. The van der Waals surface area contributed by atoms with Gasteiger partial charge in [-0.05, 0) is 30.7 Å². The fraction of sp³-hybridized carbons (Fsp3) is 0.278. The van der Waals surface area contributed by atoms with Crippen LogP contribution >= 0.6 is 11.6 Å². The van der Waals surface area contributed by atoms with Crippen molar-refractivity contribution in [2.24, 2.45) is 0 Å². The van der Waals surface area contributed by atoms with Crippen LogP contribution in [0.15, 0.2) is 42.5 Å². The zero-order chi connectivity index (χ0) is 18.7. The number of nitro groups is 1. The van der Waals surface area contributed by atoms with E-state index in [-0.39, 0.29) is 11.6 Å². The van der Waals surface area contributed by atoms with E-state index in [0.717, 1.165) is 6.07 Å². The van der Waals surface area contributed by atoms with E-state index < -0.39 is 10.7 Å². The summed E-state index contributed by atoms with van der Waals surface area (Å²) >= 11 is 5.95. The zero-order valence-electron chi connectivity index (χ0n) is 13.9. The summed E-state index contributed by atoms with van der Waals surface area (Å²) in [6, 6.07) is 10.4. The number of rotatable bonds is 3. The minimum absolute atomic E-state index is 0.112. The zero-order valence-corrected chi connectivity index (χ0v) is 14.7. The Morgan fingerprint density at radius 3 is 2.62 bits per heavy atom. The number of hydrogen-bond acceptors (Lipinski definition) is 4. The van der Waals surface area contributed by atoms with Gasteiger partial charge in [0.15, 0.2) is 5.82 Å². The van der Waals surface area contributed by atoms with Crippen LogP contribution in [0.1, 0.15) is 16.8 Å². The lowest BCUT2D eigenvalue weighted by molar-refractivity contribution is -0.385. The van der Waals surface area contributed by atoms with E-state index in [9.17, 15) is 19.3 Å². The van der Waals surface area contributed by atoms with Gasteiger partial charge in [0.25, 0.3) is 11.6 Å². The van der Waals surface area contributed by atoms with E-state index in [1.807, 2.05) is 4.90 Å². The summed E-state index contributed by atoms with van der Waals surface area (Å²) in [6.45, 7) is 1.99. The molecule has 2 aromatic rings. The molecule has 1 saturated heterocycles. The Bertz CT molecular complexity index is 846. The molecule has 0 aromatic heterocycles. The largest absolute Gasteiger partial charge is 0.367 e. The molecule has 1 aliphatic heterocycles. The van der Waals surface area contributed by atoms with Crippen LogP contribution in [-0.4, -0.2) is 41.9 Å². The topological polar surface area (TPSA) is 66.7 Å². The molecule has 26 heavy (non-hydrogen) atoms. The Balaban J connectivity index is 1.72. The van der Waals surface area contributed by atoms with Gasteiger partial charge in [0.05, 0.1) is 16.7 Å². The van der Waals surface area contributed by atoms with Gasteiger partial charge in [0, 0.05) is 42.8 Å². The molecule has 1 fully saturated rings. The molecule has 0 spiro atoms. The number of amides is 1. The van der Waals surface area contributed by atoms with Crippen LogP contribution in [-0.2, 0) is 0 Å². The maximum Gasteiger partial charge on any atom is 0.272 e. The van der Waals surface area contributed by atoms with Crippen molar-refractivity contribution in [1.29, 1.82) is 0 Å². The predicted octanol–water partition coefficient (Wildman–Crippen LogP) is 3.74. The van der Waals surface area contributed by atoms with Crippen molar-refractivity contribution < 1.29 is 14.1 Å². The monoisotopic (exact) mass is 377 g/mol. The second-order valence-corrected chi connectivity index (χ2v) is 6.47. The lowest BCUT2D eigenvalue weighted by atomic mass is 10.2. The van der Waals surface area contributed by atoms with E-state index in [1.165, 1.54) is 12.1 Å². The molecule has 0 atom stereocenters. The highest BCUT2D eigenvalue weighted by Gasteiger charge is 2.23. The number of nitro benzene ring substituents is 1. The third kappa shape index (κ3) is 3.94. The molecular weight excluding hydrogens is 361 g/mol. The molecule has 3 rings (SSSR count). The van der Waals surface area contributed by atoms with Gasteiger partial charge in [-0.2, -0.15) is 0 Å². The Kier molecular flexibility index (Phi) is 5.37. The molecule has 6 nitrogen and oxygen atoms in total. The molecule has 0 radical (unpaired) electrons. The lowest BCUT2D eigenvalue weighted by Gasteiger charge is -2.24. The highest BCUT2D eigenvalue weighted by molar-refractivity contribution is 6.30. The molecule has 0 N–H and O–H groups in total. The van der Waals surface area contributed by atoms with E-state index in [1.54, 1.807) is 29.2 Å². The standard InChI is InChI=1S/C18H17ClFN3O3/c19-14-4-1-3-13(11-14)18(24)22-8-2-7-21(9-10-22)17-6-5-15(23(25)26)12-16(17)20/h1,3-6,11-12H,2,7-10H2. The lowest BCUT2D eigenvalue weighted by Crippen LogP contribution is -2.35. The molecule has 0 unspecified atom stereocenters. The Morgan fingerprint density at radius 2 is 1.92 bits per heavy atom. The van der Waals surface area contributed by atoms with Crippen molar-refractivity contribution in [2.75, 3.05) is 31.1 Å². The minimum Gasteiger partial charge on any atom is -0.367 e. The molecule has 1 heterocycles. The normalized spacial score (nSPS) is 14.8. The first-order valence-corrected chi connectivity index (χ1v) is 8.57. The van der Waals surface area contributed by atoms with Crippen LogP contribution in [0.2, 0.25) is 5.02 Å². The number of carbonyl (C=O) groups excluding carboxylic acids is 1. The number of anilines is 1. The maximum absolute atomic E-state index is 14.3. The smallest absolute Gasteiger partial charge is 0.272 e. The van der Waals surface area contributed by atoms with E-state index in [2.05, 4.69) is 0 Å². The first kappa shape index (κ1) is 18.1. The van der Waals surface area contributed by atoms with Gasteiger partial charge in [-0.3, -0.25) is 14.9 Å². The summed E-state index contributed by atoms with van der Waals surface area (Å²) in [4.78, 5) is 26.3. The number of nitrogens with zero attached hydrogens (tertiary/aromatic N) is 3. The fourth-order valence-electron chi connectivity index (χ4n) is 3.03. The van der Waals surface area contributed by atoms with Crippen LogP contribution in [0.25, 0.3) is 0 Å². The summed E-state index contributed by atoms with van der Waals surface area (Å²) in [5.74, 6) is -0.743. The summed E-state index contributed by atoms with van der Waals surface area (Å²) in [7, 11) is 0. The van der Waals surface area contributed by atoms with Gasteiger partial charge in [-0.1, -0.05) is 17.7 Å². The second kappa shape index (κ2) is 7.70. The quantitative estimate of drug-likeness (QED) is 0.603. The number of hydrogen-bond donors (Lipinski definition) is 0. The summed E-state index contributed by atoms with van der Waals surface area (Å²) < 4.78 is 14.3. The summed E-state index contributed by atoms with van der Waals surface area (Å²) in [5.41, 5.74) is 0.555. The SMILES string of the molecule is O=C(c1cccc(Cl)c1)N1CCCN(c2ccc([N+](=O)[O-])cc2F)CC1. The summed E-state index contributed by atoms with van der Waals surface area (Å²) in [6.07, 6.45) is 0.669. The third-order valence-electron chi connectivity index (χ3n) is 4.34. The van der Waals surface area contributed by atoms with Crippen molar-refractivity contribution in [3.05, 3.63) is 69.0 Å². The highest BCUT2D eigenvalue weighted by atomic mass is 35.5. The van der Waals surface area contributed by atoms with Crippen molar-refractivity contribution in [1.82, 2.24) is 4.90 Å². The van der Waals surface area contributed by atoms with Gasteiger partial charge < -0.3 is 9.80 Å². The second-order valence-electron chi connectivity index (χ2n) is 6.04. The average Bonchev–Trinajstić information content (AvgIpc) is 2.87. The van der Waals surface area contributed by atoms with E-state index in [0.29, 0.717) is 48.9 Å². The Labute approximate surface area is 154 Å².